The monoisotopic (exact) mass is 437 g/mol. The van der Waals surface area contributed by atoms with Crippen molar-refractivity contribution in [2.24, 2.45) is 0 Å². The maximum Gasteiger partial charge on any atom is 0.255 e. The molecule has 0 unspecified atom stereocenters. The van der Waals surface area contributed by atoms with Crippen LogP contribution in [0.5, 0.6) is 0 Å². The van der Waals surface area contributed by atoms with Gasteiger partial charge in [-0.2, -0.15) is 0 Å². The van der Waals surface area contributed by atoms with Crippen LogP contribution in [0.15, 0.2) is 60.8 Å². The van der Waals surface area contributed by atoms with Gasteiger partial charge in [-0.25, -0.2) is 9.97 Å². The van der Waals surface area contributed by atoms with Gasteiger partial charge in [0.2, 0.25) is 5.95 Å². The van der Waals surface area contributed by atoms with Crippen LogP contribution in [0, 0.1) is 6.92 Å². The molecule has 1 amide bonds. The van der Waals surface area contributed by atoms with Crippen molar-refractivity contribution in [2.75, 3.05) is 17.6 Å². The maximum absolute atomic E-state index is 13.1. The van der Waals surface area contributed by atoms with Crippen molar-refractivity contribution < 1.29 is 4.79 Å². The van der Waals surface area contributed by atoms with Crippen molar-refractivity contribution in [1.29, 1.82) is 0 Å². The molecule has 0 atom stereocenters. The molecule has 0 radical (unpaired) electrons. The second-order valence-electron chi connectivity index (χ2n) is 9.34. The van der Waals surface area contributed by atoms with E-state index in [-0.39, 0.29) is 17.3 Å². The van der Waals surface area contributed by atoms with Gasteiger partial charge in [0.25, 0.3) is 5.91 Å². The van der Waals surface area contributed by atoms with Crippen LogP contribution in [0.4, 0.5) is 11.6 Å². The number of rotatable bonds is 3. The minimum atomic E-state index is -0.129. The second kappa shape index (κ2) is 7.98. The Hall–Kier alpha value is -3.77. The highest BCUT2D eigenvalue weighted by Gasteiger charge is 2.27. The fourth-order valence-electron chi connectivity index (χ4n) is 4.58. The summed E-state index contributed by atoms with van der Waals surface area (Å²) in [5, 5.41) is 7.44. The molecule has 4 N–H and O–H groups in total. The predicted octanol–water partition coefficient (Wildman–Crippen LogP) is 4.82. The number of nitrogens with two attached hydrogens (primary N) is 1. The van der Waals surface area contributed by atoms with Crippen molar-refractivity contribution in [1.82, 2.24) is 15.3 Å². The first-order valence-electron chi connectivity index (χ1n) is 11.1. The number of hydrogen-bond acceptors (Lipinski definition) is 5. The molecule has 0 saturated heterocycles. The summed E-state index contributed by atoms with van der Waals surface area (Å²) in [4.78, 5) is 21.5. The average molecular weight is 438 g/mol. The van der Waals surface area contributed by atoms with Crippen molar-refractivity contribution in [3.63, 3.8) is 0 Å². The number of aromatic nitrogens is 2. The zero-order valence-corrected chi connectivity index (χ0v) is 19.1. The number of hydrogen-bond donors (Lipinski definition) is 3. The van der Waals surface area contributed by atoms with E-state index in [0.29, 0.717) is 5.56 Å². The zero-order chi connectivity index (χ0) is 23.2. The summed E-state index contributed by atoms with van der Waals surface area (Å²) in [7, 11) is 0. The Kier molecular flexibility index (Phi) is 5.10. The molecule has 0 aliphatic carbocycles. The maximum atomic E-state index is 13.1. The van der Waals surface area contributed by atoms with E-state index in [9.17, 15) is 4.79 Å². The molecule has 3 aromatic carbocycles. The Morgan fingerprint density at radius 2 is 1.94 bits per heavy atom. The van der Waals surface area contributed by atoms with Crippen LogP contribution in [-0.4, -0.2) is 22.4 Å². The minimum absolute atomic E-state index is 0.0819. The quantitative estimate of drug-likeness (QED) is 0.427. The van der Waals surface area contributed by atoms with Crippen LogP contribution in [-0.2, 0) is 12.0 Å². The van der Waals surface area contributed by atoms with E-state index >= 15 is 0 Å². The van der Waals surface area contributed by atoms with Gasteiger partial charge in [-0.3, -0.25) is 4.79 Å². The number of fused-ring (bicyclic) bond motifs is 2. The predicted molar refractivity (Wildman–Crippen MR) is 133 cm³/mol. The van der Waals surface area contributed by atoms with E-state index in [4.69, 9.17) is 5.73 Å². The molecule has 1 aliphatic rings. The Bertz CT molecular complexity index is 1390. The standard InChI is InChI=1S/C27H27N5O/c1-16-4-5-18(12-22(16)17-6-9-24-20(10-17)14-30-26(28)32-24)25(33)31-21-7-8-23-19(11-21)13-29-15-27(23,2)3/h4-12,14,29H,13,15H2,1-3H3,(H,31,33)(H2,28,30,32). The topological polar surface area (TPSA) is 92.9 Å². The molecule has 0 fully saturated rings. The molecule has 0 saturated carbocycles. The van der Waals surface area contributed by atoms with E-state index in [0.717, 1.165) is 46.4 Å². The second-order valence-corrected chi connectivity index (χ2v) is 9.34. The lowest BCUT2D eigenvalue weighted by molar-refractivity contribution is 0.102. The van der Waals surface area contributed by atoms with Crippen LogP contribution in [0.1, 0.15) is 40.9 Å². The summed E-state index contributed by atoms with van der Waals surface area (Å²) in [6, 6.07) is 17.9. The zero-order valence-electron chi connectivity index (χ0n) is 19.1. The average Bonchev–Trinajstić information content (AvgIpc) is 2.78. The molecular formula is C27H27N5O. The van der Waals surface area contributed by atoms with E-state index < -0.39 is 0 Å². The Morgan fingerprint density at radius 3 is 2.79 bits per heavy atom. The van der Waals surface area contributed by atoms with Crippen LogP contribution < -0.4 is 16.4 Å². The van der Waals surface area contributed by atoms with Crippen LogP contribution >= 0.6 is 0 Å². The molecule has 166 valence electrons. The number of anilines is 2. The lowest BCUT2D eigenvalue weighted by Gasteiger charge is -2.33. The van der Waals surface area contributed by atoms with Gasteiger partial charge in [-0.05, 0) is 71.1 Å². The number of nitrogens with one attached hydrogen (secondary N) is 2. The number of carbonyl (C=O) groups is 1. The van der Waals surface area contributed by atoms with Crippen molar-refractivity contribution in [2.45, 2.75) is 32.7 Å². The first-order chi connectivity index (χ1) is 15.8. The van der Waals surface area contributed by atoms with Gasteiger partial charge in [0.1, 0.15) is 0 Å². The van der Waals surface area contributed by atoms with E-state index in [1.165, 1.54) is 11.1 Å². The van der Waals surface area contributed by atoms with Gasteiger partial charge in [-0.1, -0.05) is 32.0 Å². The van der Waals surface area contributed by atoms with Gasteiger partial charge >= 0.3 is 0 Å². The fourth-order valence-corrected chi connectivity index (χ4v) is 4.58. The number of nitrogen functional groups attached to an aromatic ring is 1. The summed E-state index contributed by atoms with van der Waals surface area (Å²) >= 11 is 0. The third-order valence-electron chi connectivity index (χ3n) is 6.38. The van der Waals surface area contributed by atoms with Gasteiger partial charge < -0.3 is 16.4 Å². The molecule has 6 nitrogen and oxygen atoms in total. The number of nitrogens with zero attached hydrogens (tertiary/aromatic N) is 2. The molecule has 2 heterocycles. The third kappa shape index (κ3) is 4.05. The third-order valence-corrected chi connectivity index (χ3v) is 6.38. The van der Waals surface area contributed by atoms with Gasteiger partial charge in [0.15, 0.2) is 0 Å². The summed E-state index contributed by atoms with van der Waals surface area (Å²) in [5.74, 6) is 0.128. The smallest absolute Gasteiger partial charge is 0.255 e. The van der Waals surface area contributed by atoms with Gasteiger partial charge in [0, 0.05) is 41.3 Å². The molecule has 6 heteroatoms. The first-order valence-corrected chi connectivity index (χ1v) is 11.1. The lowest BCUT2D eigenvalue weighted by Crippen LogP contribution is -2.38. The summed E-state index contributed by atoms with van der Waals surface area (Å²) in [6.07, 6.45) is 1.72. The Balaban J connectivity index is 1.43. The summed E-state index contributed by atoms with van der Waals surface area (Å²) in [6.45, 7) is 8.27. The van der Waals surface area contributed by atoms with Gasteiger partial charge in [0.05, 0.1) is 5.52 Å². The first kappa shape index (κ1) is 21.1. The fraction of sp³-hybridized carbons (Fsp3) is 0.222. The number of amides is 1. The van der Waals surface area contributed by atoms with Gasteiger partial charge in [-0.15, -0.1) is 0 Å². The Morgan fingerprint density at radius 1 is 1.09 bits per heavy atom. The highest BCUT2D eigenvalue weighted by molar-refractivity contribution is 6.05. The SMILES string of the molecule is Cc1ccc(C(=O)Nc2ccc3c(c2)CNCC3(C)C)cc1-c1ccc2nc(N)ncc2c1. The lowest BCUT2D eigenvalue weighted by atomic mass is 9.79. The largest absolute Gasteiger partial charge is 0.368 e. The highest BCUT2D eigenvalue weighted by atomic mass is 16.1. The van der Waals surface area contributed by atoms with E-state index in [1.807, 2.05) is 49.4 Å². The van der Waals surface area contributed by atoms with Crippen molar-refractivity contribution in [3.05, 3.63) is 83.0 Å². The molecule has 5 rings (SSSR count). The molecule has 0 spiro atoms. The molecule has 33 heavy (non-hydrogen) atoms. The Labute approximate surface area is 193 Å². The molecule has 4 aromatic rings. The highest BCUT2D eigenvalue weighted by Crippen LogP contribution is 2.32. The van der Waals surface area contributed by atoms with E-state index in [1.54, 1.807) is 6.20 Å². The number of aryl methyl sites for hydroxylation is 1. The van der Waals surface area contributed by atoms with Crippen LogP contribution in [0.2, 0.25) is 0 Å². The number of benzene rings is 3. The molecule has 1 aromatic heterocycles. The molecular weight excluding hydrogens is 410 g/mol. The number of carbonyl (C=O) groups excluding carboxylic acids is 1. The summed E-state index contributed by atoms with van der Waals surface area (Å²) < 4.78 is 0. The van der Waals surface area contributed by atoms with Crippen LogP contribution in [0.3, 0.4) is 0 Å². The normalized spacial score (nSPS) is 14.6. The van der Waals surface area contributed by atoms with Crippen molar-refractivity contribution in [3.8, 4) is 11.1 Å². The van der Waals surface area contributed by atoms with E-state index in [2.05, 4.69) is 46.6 Å². The van der Waals surface area contributed by atoms with Crippen molar-refractivity contribution >= 4 is 28.4 Å². The molecule has 1 aliphatic heterocycles. The molecule has 0 bridgehead atoms. The summed E-state index contributed by atoms with van der Waals surface area (Å²) in [5.41, 5.74) is 13.6. The minimum Gasteiger partial charge on any atom is -0.368 e. The van der Waals surface area contributed by atoms with Crippen LogP contribution in [0.25, 0.3) is 22.0 Å².